The number of amides is 1. The molecule has 1 aliphatic heterocycles. The van der Waals surface area contributed by atoms with E-state index in [0.29, 0.717) is 29.1 Å². The van der Waals surface area contributed by atoms with E-state index in [0.717, 1.165) is 60.2 Å². The number of unbranched alkanes of at least 4 members (excludes halogenated alkanes) is 2. The van der Waals surface area contributed by atoms with Crippen molar-refractivity contribution in [3.63, 3.8) is 0 Å². The van der Waals surface area contributed by atoms with Crippen molar-refractivity contribution in [2.45, 2.75) is 44.6 Å². The first-order chi connectivity index (χ1) is 19.9. The molecule has 7 nitrogen and oxygen atoms in total. The lowest BCUT2D eigenvalue weighted by atomic mass is 9.77. The average Bonchev–Trinajstić information content (AvgIpc) is 3.38. The smallest absolute Gasteiger partial charge is 0.305 e. The number of nitriles is 1. The maximum atomic E-state index is 13.8. The van der Waals surface area contributed by atoms with Crippen LogP contribution in [-0.2, 0) is 16.0 Å². The molecule has 2 atom stereocenters. The number of methoxy groups -OCH3 is 1. The normalized spacial score (nSPS) is 17.2. The molecule has 0 saturated heterocycles. The topological polar surface area (TPSA) is 94.8 Å². The van der Waals surface area contributed by atoms with E-state index in [9.17, 15) is 19.2 Å². The number of hydrazone groups is 1. The third kappa shape index (κ3) is 6.10. The second kappa shape index (κ2) is 12.5. The minimum atomic E-state index is -0.304. The molecule has 1 amide bonds. The Balaban J connectivity index is 1.36. The van der Waals surface area contributed by atoms with Gasteiger partial charge in [-0.2, -0.15) is 10.4 Å². The van der Waals surface area contributed by atoms with Crippen molar-refractivity contribution in [3.05, 3.63) is 99.3 Å². The van der Waals surface area contributed by atoms with Gasteiger partial charge in [-0.3, -0.25) is 14.6 Å². The summed E-state index contributed by atoms with van der Waals surface area (Å²) in [6.07, 6.45) is 4.31. The standard InChI is InChI=1S/C32H30ClFN4O3/c1-41-29(39)5-3-2-4-16-36-32(40)22-10-14-26-21(17-22)9-15-27-30(26)37-38(25-13-8-23(19-35)28(33)18-25)31(27)20-6-11-24(34)12-7-20/h6-8,10-14,17-18,27,31H,2-5,9,15-16H2,1H3,(H,36,40). The van der Waals surface area contributed by atoms with Gasteiger partial charge in [0.2, 0.25) is 0 Å². The lowest BCUT2D eigenvalue weighted by Crippen LogP contribution is -2.29. The van der Waals surface area contributed by atoms with Crippen molar-refractivity contribution in [2.75, 3.05) is 18.7 Å². The van der Waals surface area contributed by atoms with Crippen LogP contribution in [0.5, 0.6) is 0 Å². The lowest BCUT2D eigenvalue weighted by Gasteiger charge is -2.31. The highest BCUT2D eigenvalue weighted by molar-refractivity contribution is 6.32. The molecule has 1 heterocycles. The molecule has 0 saturated carbocycles. The highest BCUT2D eigenvalue weighted by Crippen LogP contribution is 2.46. The predicted octanol–water partition coefficient (Wildman–Crippen LogP) is 6.34. The Kier molecular flexibility index (Phi) is 8.65. The maximum Gasteiger partial charge on any atom is 0.305 e. The van der Waals surface area contributed by atoms with Crippen LogP contribution in [0.15, 0.2) is 65.8 Å². The van der Waals surface area contributed by atoms with E-state index in [1.54, 1.807) is 24.3 Å². The first-order valence-electron chi connectivity index (χ1n) is 13.7. The number of nitrogens with one attached hydrogen (secondary N) is 1. The zero-order valence-electron chi connectivity index (χ0n) is 22.7. The Hall–Kier alpha value is -4.22. The van der Waals surface area contributed by atoms with Crippen molar-refractivity contribution in [1.29, 1.82) is 5.26 Å². The summed E-state index contributed by atoms with van der Waals surface area (Å²) >= 11 is 6.38. The molecule has 0 bridgehead atoms. The third-order valence-electron chi connectivity index (χ3n) is 7.70. The number of aryl methyl sites for hydroxylation is 1. The van der Waals surface area contributed by atoms with Gasteiger partial charge in [-0.25, -0.2) is 4.39 Å². The molecular weight excluding hydrogens is 543 g/mol. The van der Waals surface area contributed by atoms with Gasteiger partial charge in [0.15, 0.2) is 0 Å². The van der Waals surface area contributed by atoms with Crippen LogP contribution in [0.4, 0.5) is 10.1 Å². The molecule has 0 fully saturated rings. The molecular formula is C32H30ClFN4O3. The first-order valence-corrected chi connectivity index (χ1v) is 14.1. The predicted molar refractivity (Wildman–Crippen MR) is 155 cm³/mol. The number of nitrogens with zero attached hydrogens (tertiary/aromatic N) is 3. The van der Waals surface area contributed by atoms with E-state index in [-0.39, 0.29) is 29.7 Å². The molecule has 5 rings (SSSR count). The first kappa shape index (κ1) is 28.3. The summed E-state index contributed by atoms with van der Waals surface area (Å²) in [6.45, 7) is 0.535. The number of ether oxygens (including phenoxy) is 1. The third-order valence-corrected chi connectivity index (χ3v) is 8.01. The highest BCUT2D eigenvalue weighted by atomic mass is 35.5. The van der Waals surface area contributed by atoms with E-state index in [4.69, 9.17) is 16.7 Å². The van der Waals surface area contributed by atoms with Gasteiger partial charge < -0.3 is 10.1 Å². The van der Waals surface area contributed by atoms with Crippen molar-refractivity contribution in [1.82, 2.24) is 5.32 Å². The Morgan fingerprint density at radius 1 is 1.12 bits per heavy atom. The molecule has 3 aromatic carbocycles. The number of hydrogen-bond acceptors (Lipinski definition) is 6. The van der Waals surface area contributed by atoms with Crippen LogP contribution in [0, 0.1) is 23.1 Å². The molecule has 3 aromatic rings. The number of benzene rings is 3. The second-order valence-corrected chi connectivity index (χ2v) is 10.7. The fourth-order valence-corrected chi connectivity index (χ4v) is 5.81. The van der Waals surface area contributed by atoms with E-state index in [1.807, 2.05) is 29.3 Å². The van der Waals surface area contributed by atoms with E-state index in [2.05, 4.69) is 16.1 Å². The number of fused-ring (bicyclic) bond motifs is 3. The summed E-state index contributed by atoms with van der Waals surface area (Å²) < 4.78 is 18.4. The molecule has 1 aliphatic carbocycles. The molecule has 41 heavy (non-hydrogen) atoms. The largest absolute Gasteiger partial charge is 0.469 e. The molecule has 0 spiro atoms. The second-order valence-electron chi connectivity index (χ2n) is 10.3. The molecule has 1 N–H and O–H groups in total. The van der Waals surface area contributed by atoms with Gasteiger partial charge in [-0.05, 0) is 79.3 Å². The van der Waals surface area contributed by atoms with Crippen LogP contribution in [-0.4, -0.2) is 31.2 Å². The maximum absolute atomic E-state index is 13.8. The summed E-state index contributed by atoms with van der Waals surface area (Å²) in [5, 5.41) is 19.6. The van der Waals surface area contributed by atoms with Crippen LogP contribution in [0.1, 0.15) is 70.8 Å². The summed E-state index contributed by atoms with van der Waals surface area (Å²) in [5.74, 6) is -0.604. The lowest BCUT2D eigenvalue weighted by molar-refractivity contribution is -0.140. The van der Waals surface area contributed by atoms with Gasteiger partial charge in [0.05, 0.1) is 35.1 Å². The van der Waals surface area contributed by atoms with Gasteiger partial charge >= 0.3 is 5.97 Å². The molecule has 2 aliphatic rings. The monoisotopic (exact) mass is 572 g/mol. The average molecular weight is 573 g/mol. The Morgan fingerprint density at radius 3 is 2.66 bits per heavy atom. The SMILES string of the molecule is COC(=O)CCCCCNC(=O)c1ccc2c(c1)CCC1C2=NN(c2ccc(C#N)c(Cl)c2)C1c1ccc(F)cc1. The number of hydrogen-bond donors (Lipinski definition) is 1. The summed E-state index contributed by atoms with van der Waals surface area (Å²) in [5.41, 5.74) is 5.63. The molecule has 2 unspecified atom stereocenters. The van der Waals surface area contributed by atoms with Crippen molar-refractivity contribution in [2.24, 2.45) is 11.0 Å². The Morgan fingerprint density at radius 2 is 1.93 bits per heavy atom. The Bertz CT molecular complexity index is 1530. The van der Waals surface area contributed by atoms with Crippen molar-refractivity contribution in [3.8, 4) is 6.07 Å². The number of rotatable bonds is 9. The summed E-state index contributed by atoms with van der Waals surface area (Å²) in [4.78, 5) is 24.1. The molecule has 0 aromatic heterocycles. The van der Waals surface area contributed by atoms with E-state index in [1.165, 1.54) is 19.2 Å². The van der Waals surface area contributed by atoms with Gasteiger partial charge in [0.25, 0.3) is 5.91 Å². The molecule has 210 valence electrons. The number of carbonyl (C=O) groups is 2. The Labute approximate surface area is 243 Å². The quantitative estimate of drug-likeness (QED) is 0.238. The van der Waals surface area contributed by atoms with Crippen LogP contribution in [0.25, 0.3) is 0 Å². The van der Waals surface area contributed by atoms with Crippen LogP contribution in [0.2, 0.25) is 5.02 Å². The van der Waals surface area contributed by atoms with Crippen molar-refractivity contribution >= 4 is 34.9 Å². The summed E-state index contributed by atoms with van der Waals surface area (Å²) in [7, 11) is 1.38. The fourth-order valence-electron chi connectivity index (χ4n) is 5.59. The van der Waals surface area contributed by atoms with Crippen LogP contribution >= 0.6 is 11.6 Å². The van der Waals surface area contributed by atoms with E-state index < -0.39 is 0 Å². The summed E-state index contributed by atoms with van der Waals surface area (Å²) in [6, 6.07) is 19.4. The van der Waals surface area contributed by atoms with Crippen molar-refractivity contribution < 1.29 is 18.7 Å². The number of esters is 1. The van der Waals surface area contributed by atoms with Gasteiger partial charge in [-0.15, -0.1) is 0 Å². The van der Waals surface area contributed by atoms with E-state index >= 15 is 0 Å². The number of halogens is 2. The fraction of sp³-hybridized carbons (Fsp3) is 0.312. The van der Waals surface area contributed by atoms with Crippen LogP contribution in [0.3, 0.4) is 0 Å². The zero-order valence-corrected chi connectivity index (χ0v) is 23.5. The molecule has 0 radical (unpaired) electrons. The highest BCUT2D eigenvalue weighted by Gasteiger charge is 2.42. The minimum Gasteiger partial charge on any atom is -0.469 e. The molecule has 9 heteroatoms. The zero-order chi connectivity index (χ0) is 28.9. The minimum absolute atomic E-state index is 0.0482. The van der Waals surface area contributed by atoms with Gasteiger partial charge in [0.1, 0.15) is 11.9 Å². The van der Waals surface area contributed by atoms with Crippen LogP contribution < -0.4 is 10.3 Å². The number of anilines is 1. The number of carbonyl (C=O) groups excluding carboxylic acids is 2. The van der Waals surface area contributed by atoms with Gasteiger partial charge in [0, 0.05) is 30.0 Å². The van der Waals surface area contributed by atoms with Gasteiger partial charge in [-0.1, -0.05) is 36.2 Å².